The van der Waals surface area contributed by atoms with Crippen molar-refractivity contribution in [3.63, 3.8) is 0 Å². The predicted octanol–water partition coefficient (Wildman–Crippen LogP) is 2.97. The topological polar surface area (TPSA) is 51.3 Å². The zero-order valence-electron chi connectivity index (χ0n) is 13.0. The van der Waals surface area contributed by atoms with Gasteiger partial charge in [0.25, 0.3) is 0 Å². The molecule has 2 heterocycles. The van der Waals surface area contributed by atoms with E-state index in [1.807, 2.05) is 15.7 Å². The van der Waals surface area contributed by atoms with Crippen molar-refractivity contribution in [2.75, 3.05) is 18.0 Å². The molecule has 1 atom stereocenters. The van der Waals surface area contributed by atoms with Crippen LogP contribution in [0.2, 0.25) is 5.02 Å². The highest BCUT2D eigenvalue weighted by atomic mass is 35.5. The Balaban J connectivity index is 2.01. The number of fused-ring (bicyclic) bond motifs is 1. The van der Waals surface area contributed by atoms with E-state index in [0.717, 1.165) is 19.3 Å². The molecule has 2 N–H and O–H groups in total. The van der Waals surface area contributed by atoms with Crippen LogP contribution in [-0.2, 0) is 0 Å². The van der Waals surface area contributed by atoms with Crippen molar-refractivity contribution < 1.29 is 4.39 Å². The molecule has 1 aromatic carbocycles. The highest BCUT2D eigenvalue weighted by molar-refractivity contribution is 6.38. The van der Waals surface area contributed by atoms with Gasteiger partial charge in [-0.05, 0) is 32.3 Å². The van der Waals surface area contributed by atoms with Gasteiger partial charge < -0.3 is 15.2 Å². The van der Waals surface area contributed by atoms with Crippen molar-refractivity contribution in [3.05, 3.63) is 38.9 Å². The Labute approximate surface area is 138 Å². The average molecular weight is 336 g/mol. The number of nitrogens with two attached hydrogens (primary N) is 1. The molecule has 6 heteroatoms. The third kappa shape index (κ3) is 2.34. The van der Waals surface area contributed by atoms with Crippen molar-refractivity contribution >= 4 is 28.2 Å². The monoisotopic (exact) mass is 335 g/mol. The molecule has 2 aromatic rings. The fraction of sp³-hybridized carbons (Fsp3) is 0.471. The van der Waals surface area contributed by atoms with Crippen LogP contribution >= 0.6 is 11.6 Å². The van der Waals surface area contributed by atoms with Gasteiger partial charge in [-0.25, -0.2) is 4.39 Å². The molecule has 2 fully saturated rings. The van der Waals surface area contributed by atoms with E-state index in [0.29, 0.717) is 46.3 Å². The molecule has 1 aliphatic heterocycles. The second-order valence-corrected chi connectivity index (χ2v) is 7.07. The summed E-state index contributed by atoms with van der Waals surface area (Å²) in [4.78, 5) is 14.3. The van der Waals surface area contributed by atoms with Gasteiger partial charge in [-0.15, -0.1) is 0 Å². The van der Waals surface area contributed by atoms with Crippen LogP contribution < -0.4 is 16.1 Å². The Morgan fingerprint density at radius 3 is 2.70 bits per heavy atom. The number of benzene rings is 1. The SMILES string of the molecule is Cc1cn(C2CC2)c2c(Cl)c(N3CC[C@@H](N)C3)c(F)cc2c1=O. The van der Waals surface area contributed by atoms with Crippen molar-refractivity contribution in [2.24, 2.45) is 5.73 Å². The lowest BCUT2D eigenvalue weighted by Crippen LogP contribution is -2.27. The van der Waals surface area contributed by atoms with E-state index >= 15 is 0 Å². The summed E-state index contributed by atoms with van der Waals surface area (Å²) < 4.78 is 16.8. The van der Waals surface area contributed by atoms with Crippen molar-refractivity contribution in [1.82, 2.24) is 4.57 Å². The molecule has 0 amide bonds. The Bertz CT molecular complexity index is 859. The minimum atomic E-state index is -0.443. The van der Waals surface area contributed by atoms with Crippen LogP contribution in [0.1, 0.15) is 30.9 Å². The molecule has 4 rings (SSSR count). The van der Waals surface area contributed by atoms with E-state index in [2.05, 4.69) is 0 Å². The van der Waals surface area contributed by atoms with Crippen molar-refractivity contribution in [2.45, 2.75) is 38.3 Å². The number of halogens is 2. The lowest BCUT2D eigenvalue weighted by Gasteiger charge is -2.23. The number of hydrogen-bond acceptors (Lipinski definition) is 3. The van der Waals surface area contributed by atoms with Crippen LogP contribution in [-0.4, -0.2) is 23.7 Å². The number of anilines is 1. The quantitative estimate of drug-likeness (QED) is 0.918. The predicted molar refractivity (Wildman–Crippen MR) is 91.0 cm³/mol. The molecule has 122 valence electrons. The summed E-state index contributed by atoms with van der Waals surface area (Å²) >= 11 is 6.59. The number of aromatic nitrogens is 1. The van der Waals surface area contributed by atoms with Crippen LogP contribution in [0.4, 0.5) is 10.1 Å². The molecule has 4 nitrogen and oxygen atoms in total. The van der Waals surface area contributed by atoms with Gasteiger partial charge in [-0.3, -0.25) is 4.79 Å². The number of pyridine rings is 1. The van der Waals surface area contributed by atoms with E-state index in [-0.39, 0.29) is 11.5 Å². The van der Waals surface area contributed by atoms with Crippen LogP contribution in [0.25, 0.3) is 10.9 Å². The fourth-order valence-electron chi connectivity index (χ4n) is 3.49. The molecular weight excluding hydrogens is 317 g/mol. The minimum Gasteiger partial charge on any atom is -0.366 e. The summed E-state index contributed by atoms with van der Waals surface area (Å²) in [5, 5.41) is 0.699. The van der Waals surface area contributed by atoms with Crippen LogP contribution in [0, 0.1) is 12.7 Å². The second kappa shape index (κ2) is 5.21. The Hall–Kier alpha value is -1.59. The minimum absolute atomic E-state index is 0.0322. The average Bonchev–Trinajstić information content (AvgIpc) is 3.26. The summed E-state index contributed by atoms with van der Waals surface area (Å²) in [6, 6.07) is 1.73. The van der Waals surface area contributed by atoms with Crippen LogP contribution in [0.5, 0.6) is 0 Å². The van der Waals surface area contributed by atoms with E-state index in [4.69, 9.17) is 17.3 Å². The third-order valence-electron chi connectivity index (χ3n) is 4.84. The molecule has 0 radical (unpaired) electrons. The molecule has 1 saturated heterocycles. The van der Waals surface area contributed by atoms with E-state index in [1.54, 1.807) is 6.92 Å². The highest BCUT2D eigenvalue weighted by Gasteiger charge is 2.30. The standard InChI is InChI=1S/C17H19ClFN3O/c1-9-7-22(11-2-3-11)15-12(17(9)23)6-13(19)16(14(15)18)21-5-4-10(20)8-21/h6-7,10-11H,2-5,8,20H2,1H3/t10-/m1/s1. The Morgan fingerprint density at radius 2 is 2.09 bits per heavy atom. The molecular formula is C17H19ClFN3O. The first kappa shape index (κ1) is 15.0. The summed E-state index contributed by atoms with van der Waals surface area (Å²) in [6.07, 6.45) is 4.80. The number of nitrogens with zero attached hydrogens (tertiary/aromatic N) is 2. The van der Waals surface area contributed by atoms with E-state index in [1.165, 1.54) is 6.07 Å². The maximum Gasteiger partial charge on any atom is 0.192 e. The van der Waals surface area contributed by atoms with Crippen molar-refractivity contribution in [1.29, 1.82) is 0 Å². The van der Waals surface area contributed by atoms with E-state index < -0.39 is 5.82 Å². The van der Waals surface area contributed by atoms with Gasteiger partial charge in [0.15, 0.2) is 5.43 Å². The van der Waals surface area contributed by atoms with E-state index in [9.17, 15) is 9.18 Å². The lowest BCUT2D eigenvalue weighted by molar-refractivity contribution is 0.623. The molecule has 0 unspecified atom stereocenters. The lowest BCUT2D eigenvalue weighted by atomic mass is 10.1. The summed E-state index contributed by atoms with van der Waals surface area (Å²) in [7, 11) is 0. The molecule has 23 heavy (non-hydrogen) atoms. The molecule has 0 bridgehead atoms. The Morgan fingerprint density at radius 1 is 1.35 bits per heavy atom. The van der Waals surface area contributed by atoms with Gasteiger partial charge >= 0.3 is 0 Å². The largest absolute Gasteiger partial charge is 0.366 e. The second-order valence-electron chi connectivity index (χ2n) is 6.69. The van der Waals surface area contributed by atoms with Gasteiger partial charge in [0.05, 0.1) is 21.6 Å². The summed E-state index contributed by atoms with van der Waals surface area (Å²) in [5.41, 5.74) is 7.45. The van der Waals surface area contributed by atoms with Crippen LogP contribution in [0.15, 0.2) is 17.1 Å². The van der Waals surface area contributed by atoms with Gasteiger partial charge in [0.2, 0.25) is 0 Å². The molecule has 1 aromatic heterocycles. The normalized spacial score (nSPS) is 21.4. The van der Waals surface area contributed by atoms with Gasteiger partial charge in [0, 0.05) is 36.9 Å². The zero-order valence-corrected chi connectivity index (χ0v) is 13.7. The first-order chi connectivity index (χ1) is 11.0. The summed E-state index contributed by atoms with van der Waals surface area (Å²) in [5.74, 6) is -0.443. The Kier molecular flexibility index (Phi) is 3.39. The number of rotatable bonds is 2. The zero-order chi connectivity index (χ0) is 16.3. The molecule has 1 saturated carbocycles. The van der Waals surface area contributed by atoms with Gasteiger partial charge in [-0.2, -0.15) is 0 Å². The molecule has 2 aliphatic rings. The molecule has 0 spiro atoms. The van der Waals surface area contributed by atoms with Gasteiger partial charge in [-0.1, -0.05) is 11.6 Å². The summed E-state index contributed by atoms with van der Waals surface area (Å²) in [6.45, 7) is 3.03. The number of aryl methyl sites for hydroxylation is 1. The molecule has 1 aliphatic carbocycles. The first-order valence-electron chi connectivity index (χ1n) is 8.01. The third-order valence-corrected chi connectivity index (χ3v) is 5.20. The first-order valence-corrected chi connectivity index (χ1v) is 8.39. The smallest absolute Gasteiger partial charge is 0.192 e. The van der Waals surface area contributed by atoms with Crippen LogP contribution in [0.3, 0.4) is 0 Å². The maximum absolute atomic E-state index is 14.7. The highest BCUT2D eigenvalue weighted by Crippen LogP contribution is 2.42. The van der Waals surface area contributed by atoms with Crippen molar-refractivity contribution in [3.8, 4) is 0 Å². The fourth-order valence-corrected chi connectivity index (χ4v) is 3.90. The van der Waals surface area contributed by atoms with Gasteiger partial charge in [0.1, 0.15) is 5.82 Å². The number of hydrogen-bond donors (Lipinski definition) is 1. The maximum atomic E-state index is 14.7.